The number of carbonyl (C=O) groups is 1. The average molecular weight is 312 g/mol. The van der Waals surface area contributed by atoms with Gasteiger partial charge in [-0.15, -0.1) is 11.3 Å². The van der Waals surface area contributed by atoms with E-state index >= 15 is 0 Å². The van der Waals surface area contributed by atoms with E-state index in [0.717, 1.165) is 6.42 Å². The third-order valence-electron chi connectivity index (χ3n) is 3.93. The van der Waals surface area contributed by atoms with Crippen LogP contribution in [-0.2, 0) is 11.2 Å². The fraction of sp³-hybridized carbons (Fsp3) is 0.533. The maximum atomic E-state index is 10.9. The van der Waals surface area contributed by atoms with E-state index in [4.69, 9.17) is 5.11 Å². The van der Waals surface area contributed by atoms with Gasteiger partial charge in [0.15, 0.2) is 0 Å². The highest BCUT2D eigenvalue weighted by Gasteiger charge is 2.44. The molecule has 0 spiro atoms. The third kappa shape index (κ3) is 4.06. The van der Waals surface area contributed by atoms with Crippen LogP contribution in [0.15, 0.2) is 29.3 Å². The molecule has 0 radical (unpaired) electrons. The second kappa shape index (κ2) is 7.06. The van der Waals surface area contributed by atoms with Crippen molar-refractivity contribution in [3.05, 3.63) is 34.2 Å². The van der Waals surface area contributed by atoms with Crippen LogP contribution in [0, 0.1) is 11.8 Å². The lowest BCUT2D eigenvalue weighted by Gasteiger charge is -2.21. The Bertz CT molecular complexity index is 496. The van der Waals surface area contributed by atoms with Crippen LogP contribution in [0.4, 0.5) is 0 Å². The number of aliphatic hydroxyl groups excluding tert-OH is 3. The van der Waals surface area contributed by atoms with E-state index in [9.17, 15) is 20.1 Å². The Morgan fingerprint density at radius 1 is 1.33 bits per heavy atom. The van der Waals surface area contributed by atoms with Crippen LogP contribution in [0.3, 0.4) is 0 Å². The van der Waals surface area contributed by atoms with Crippen molar-refractivity contribution in [2.75, 3.05) is 0 Å². The molecule has 1 aliphatic rings. The fourth-order valence-electron chi connectivity index (χ4n) is 2.93. The Morgan fingerprint density at radius 3 is 2.71 bits per heavy atom. The van der Waals surface area contributed by atoms with Crippen LogP contribution in [0.2, 0.25) is 0 Å². The van der Waals surface area contributed by atoms with Gasteiger partial charge in [-0.05, 0) is 30.4 Å². The molecule has 21 heavy (non-hydrogen) atoms. The monoisotopic (exact) mass is 312 g/mol. The molecule has 1 heterocycles. The second-order valence-electron chi connectivity index (χ2n) is 5.40. The molecule has 2 rings (SSSR count). The smallest absolute Gasteiger partial charge is 0.303 e. The predicted molar refractivity (Wildman–Crippen MR) is 79.2 cm³/mol. The van der Waals surface area contributed by atoms with Crippen molar-refractivity contribution in [1.82, 2.24) is 0 Å². The second-order valence-corrected chi connectivity index (χ2v) is 6.44. The van der Waals surface area contributed by atoms with E-state index in [1.54, 1.807) is 17.4 Å². The molecule has 6 heteroatoms. The van der Waals surface area contributed by atoms with Gasteiger partial charge in [0.2, 0.25) is 0 Å². The van der Waals surface area contributed by atoms with Crippen molar-refractivity contribution in [3.8, 4) is 0 Å². The number of rotatable bonds is 6. The van der Waals surface area contributed by atoms with E-state index in [1.807, 2.05) is 17.5 Å². The molecule has 1 saturated carbocycles. The van der Waals surface area contributed by atoms with Gasteiger partial charge in [0, 0.05) is 23.1 Å². The van der Waals surface area contributed by atoms with Gasteiger partial charge in [0.05, 0.1) is 24.4 Å². The number of hydrogen-bond donors (Lipinski definition) is 4. The first-order valence-electron chi connectivity index (χ1n) is 6.98. The lowest BCUT2D eigenvalue weighted by molar-refractivity contribution is -0.139. The number of thiophene rings is 1. The third-order valence-corrected chi connectivity index (χ3v) is 4.87. The molecule has 4 N–H and O–H groups in total. The maximum absolute atomic E-state index is 10.9. The topological polar surface area (TPSA) is 98.0 Å². The summed E-state index contributed by atoms with van der Waals surface area (Å²) in [6, 6.07) is 3.97. The summed E-state index contributed by atoms with van der Waals surface area (Å²) in [6.07, 6.45) is 1.08. The molecule has 1 aromatic heterocycles. The molecule has 0 bridgehead atoms. The number of aliphatic carboxylic acids is 1. The predicted octanol–water partition coefficient (Wildman–Crippen LogP) is 1.96. The van der Waals surface area contributed by atoms with Crippen molar-refractivity contribution < 1.29 is 25.2 Å². The number of aryl methyl sites for hydroxylation is 1. The van der Waals surface area contributed by atoms with E-state index in [2.05, 4.69) is 0 Å². The summed E-state index contributed by atoms with van der Waals surface area (Å²) >= 11 is 1.64. The summed E-state index contributed by atoms with van der Waals surface area (Å²) in [5.41, 5.74) is 0. The van der Waals surface area contributed by atoms with E-state index < -0.39 is 30.0 Å². The first-order valence-corrected chi connectivity index (χ1v) is 7.86. The average Bonchev–Trinajstić information content (AvgIpc) is 2.98. The highest BCUT2D eigenvalue weighted by molar-refractivity contribution is 7.09. The van der Waals surface area contributed by atoms with Gasteiger partial charge in [-0.3, -0.25) is 4.79 Å². The molecular formula is C15H20O5S. The van der Waals surface area contributed by atoms with Crippen LogP contribution >= 0.6 is 11.3 Å². The number of hydrogen-bond acceptors (Lipinski definition) is 5. The van der Waals surface area contributed by atoms with Crippen LogP contribution in [0.1, 0.15) is 24.1 Å². The zero-order valence-electron chi connectivity index (χ0n) is 11.6. The molecule has 0 amide bonds. The summed E-state index contributed by atoms with van der Waals surface area (Å²) in [5, 5.41) is 40.8. The molecule has 0 aliphatic heterocycles. The Kier molecular flexibility index (Phi) is 5.39. The van der Waals surface area contributed by atoms with Crippen molar-refractivity contribution in [2.45, 2.75) is 37.9 Å². The van der Waals surface area contributed by atoms with Crippen molar-refractivity contribution in [2.24, 2.45) is 11.8 Å². The van der Waals surface area contributed by atoms with Gasteiger partial charge < -0.3 is 20.4 Å². The standard InChI is InChI=1S/C15H20O5S/c16-11(5-1-3-9-4-2-6-21-9)15-10(7-14(19)20)12(17)8-13(15)18/h2,4-6,10,12-13,15-18H,1,3,7-8H2,(H,19,20)/t10-,12-,13+,15-/m0/s1. The molecule has 1 aliphatic carbocycles. The van der Waals surface area contributed by atoms with Gasteiger partial charge in [0.1, 0.15) is 0 Å². The minimum Gasteiger partial charge on any atom is -0.512 e. The molecule has 0 saturated heterocycles. The Labute approximate surface area is 127 Å². The zero-order chi connectivity index (χ0) is 15.4. The Morgan fingerprint density at radius 2 is 2.10 bits per heavy atom. The highest BCUT2D eigenvalue weighted by Crippen LogP contribution is 2.38. The molecule has 116 valence electrons. The highest BCUT2D eigenvalue weighted by atomic mass is 32.1. The summed E-state index contributed by atoms with van der Waals surface area (Å²) in [7, 11) is 0. The first kappa shape index (κ1) is 16.0. The van der Waals surface area contributed by atoms with Crippen LogP contribution in [0.5, 0.6) is 0 Å². The van der Waals surface area contributed by atoms with Gasteiger partial charge in [-0.1, -0.05) is 6.07 Å². The maximum Gasteiger partial charge on any atom is 0.303 e. The molecule has 4 atom stereocenters. The molecule has 1 fully saturated rings. The SMILES string of the molecule is O=C(O)C[C@@H]1[C@@H](C(O)=CCCc2cccs2)[C@H](O)C[C@@H]1O. The number of aliphatic hydroxyl groups is 3. The minimum atomic E-state index is -1.04. The molecule has 1 aromatic rings. The molecule has 0 unspecified atom stereocenters. The lowest BCUT2D eigenvalue weighted by Crippen LogP contribution is -2.26. The minimum absolute atomic E-state index is 0.0122. The first-order chi connectivity index (χ1) is 9.99. The van der Waals surface area contributed by atoms with E-state index in [0.29, 0.717) is 6.42 Å². The van der Waals surface area contributed by atoms with Gasteiger partial charge in [-0.25, -0.2) is 0 Å². The molecule has 0 aromatic carbocycles. The number of allylic oxidation sites excluding steroid dienone is 1. The van der Waals surface area contributed by atoms with E-state index in [-0.39, 0.29) is 18.6 Å². The van der Waals surface area contributed by atoms with E-state index in [1.165, 1.54) is 4.88 Å². The fourth-order valence-corrected chi connectivity index (χ4v) is 3.65. The van der Waals surface area contributed by atoms with Crippen molar-refractivity contribution in [1.29, 1.82) is 0 Å². The Balaban J connectivity index is 2.00. The van der Waals surface area contributed by atoms with Gasteiger partial charge >= 0.3 is 5.97 Å². The summed E-state index contributed by atoms with van der Waals surface area (Å²) in [4.78, 5) is 12.1. The lowest BCUT2D eigenvalue weighted by atomic mass is 9.88. The van der Waals surface area contributed by atoms with Crippen molar-refractivity contribution in [3.63, 3.8) is 0 Å². The van der Waals surface area contributed by atoms with Crippen LogP contribution in [0.25, 0.3) is 0 Å². The largest absolute Gasteiger partial charge is 0.512 e. The number of carboxylic acids is 1. The van der Waals surface area contributed by atoms with Gasteiger partial charge in [0.25, 0.3) is 0 Å². The summed E-state index contributed by atoms with van der Waals surface area (Å²) < 4.78 is 0. The number of carboxylic acid groups (broad SMARTS) is 1. The Hall–Kier alpha value is -1.37. The quantitative estimate of drug-likeness (QED) is 0.602. The zero-order valence-corrected chi connectivity index (χ0v) is 12.4. The summed E-state index contributed by atoms with van der Waals surface area (Å²) in [6.45, 7) is 0. The van der Waals surface area contributed by atoms with Crippen LogP contribution < -0.4 is 0 Å². The van der Waals surface area contributed by atoms with Crippen molar-refractivity contribution >= 4 is 17.3 Å². The summed E-state index contributed by atoms with van der Waals surface area (Å²) in [5.74, 6) is -2.39. The van der Waals surface area contributed by atoms with Gasteiger partial charge in [-0.2, -0.15) is 0 Å². The van der Waals surface area contributed by atoms with Crippen LogP contribution in [-0.4, -0.2) is 38.6 Å². The normalized spacial score (nSPS) is 29.7. The molecule has 5 nitrogen and oxygen atoms in total. The molecular weight excluding hydrogens is 292 g/mol.